The molecule has 0 aliphatic carbocycles. The zero-order chi connectivity index (χ0) is 30.2. The first-order valence-corrected chi connectivity index (χ1v) is 13.1. The second-order valence-corrected chi connectivity index (χ2v) is 10.2. The van der Waals surface area contributed by atoms with E-state index in [0.717, 1.165) is 29.2 Å². The predicted molar refractivity (Wildman–Crippen MR) is 150 cm³/mol. The van der Waals surface area contributed by atoms with E-state index < -0.39 is 65.7 Å². The van der Waals surface area contributed by atoms with Gasteiger partial charge in [-0.05, 0) is 59.7 Å². The number of nitrogens with zero attached hydrogens (tertiary/aromatic N) is 1. The van der Waals surface area contributed by atoms with E-state index in [0.29, 0.717) is 11.1 Å². The van der Waals surface area contributed by atoms with Crippen LogP contribution in [0.1, 0.15) is 32.7 Å². The minimum absolute atomic E-state index is 0.00102. The Hall–Kier alpha value is -4.25. The topological polar surface area (TPSA) is 89.9 Å². The quantitative estimate of drug-likeness (QED) is 0.232. The minimum atomic E-state index is -3.85. The fourth-order valence-electron chi connectivity index (χ4n) is 4.95. The van der Waals surface area contributed by atoms with Crippen molar-refractivity contribution in [2.24, 2.45) is 0 Å². The lowest BCUT2D eigenvalue weighted by Gasteiger charge is -2.33. The number of alkyl halides is 2. The summed E-state index contributed by atoms with van der Waals surface area (Å²) in [6, 6.07) is 19.3. The number of aliphatic hydroxyl groups excluding tert-OH is 1. The standard InChI is InChI=1S/C31H23ClF4N2O4/c32-19-6-11-27-25(14-19)30(42,17-39)31(35,36)12-13-38(27)29(41)23-10-8-21(16-26(23)34)37-28(40)24-15-20(33)7-9-22(24)18-4-2-1-3-5-18/h1-11,14-16,39,42H,12-13,17H2,(H,37,40)/t30-/m0/s1. The molecule has 1 heterocycles. The highest BCUT2D eigenvalue weighted by atomic mass is 35.5. The van der Waals surface area contributed by atoms with Gasteiger partial charge in [0, 0.05) is 29.2 Å². The Morgan fingerprint density at radius 2 is 1.67 bits per heavy atom. The molecule has 4 aromatic carbocycles. The van der Waals surface area contributed by atoms with E-state index in [4.69, 9.17) is 11.6 Å². The number of fused-ring (bicyclic) bond motifs is 1. The van der Waals surface area contributed by atoms with Gasteiger partial charge >= 0.3 is 0 Å². The third kappa shape index (κ3) is 5.24. The van der Waals surface area contributed by atoms with Gasteiger partial charge in [-0.25, -0.2) is 17.6 Å². The molecule has 0 fully saturated rings. The Bertz CT molecular complexity index is 1690. The monoisotopic (exact) mass is 598 g/mol. The molecule has 0 unspecified atom stereocenters. The zero-order valence-corrected chi connectivity index (χ0v) is 22.5. The number of halogens is 5. The molecule has 0 bridgehead atoms. The molecule has 4 aromatic rings. The second-order valence-electron chi connectivity index (χ2n) is 9.80. The van der Waals surface area contributed by atoms with Crippen molar-refractivity contribution in [3.63, 3.8) is 0 Å². The fourth-order valence-corrected chi connectivity index (χ4v) is 5.12. The Balaban J connectivity index is 1.45. The minimum Gasteiger partial charge on any atom is -0.393 e. The van der Waals surface area contributed by atoms with Crippen molar-refractivity contribution >= 4 is 34.8 Å². The van der Waals surface area contributed by atoms with Crippen LogP contribution in [0.2, 0.25) is 5.02 Å². The van der Waals surface area contributed by atoms with E-state index in [1.807, 2.05) is 0 Å². The normalized spacial score (nSPS) is 17.7. The number of nitrogens with one attached hydrogen (secondary N) is 1. The van der Waals surface area contributed by atoms with Crippen LogP contribution in [-0.2, 0) is 5.60 Å². The maximum atomic E-state index is 15.3. The van der Waals surface area contributed by atoms with Gasteiger partial charge in [-0.3, -0.25) is 9.59 Å². The smallest absolute Gasteiger partial charge is 0.284 e. The van der Waals surface area contributed by atoms with Crippen molar-refractivity contribution in [2.75, 3.05) is 23.4 Å². The van der Waals surface area contributed by atoms with E-state index in [1.165, 1.54) is 30.3 Å². The van der Waals surface area contributed by atoms with Gasteiger partial charge < -0.3 is 20.4 Å². The number of carbonyl (C=O) groups is 2. The number of amides is 2. The Kier molecular flexibility index (Phi) is 7.80. The molecule has 1 aliphatic heterocycles. The summed E-state index contributed by atoms with van der Waals surface area (Å²) in [6.45, 7) is -1.96. The van der Waals surface area contributed by atoms with Crippen molar-refractivity contribution in [2.45, 2.75) is 17.9 Å². The van der Waals surface area contributed by atoms with E-state index >= 15 is 4.39 Å². The van der Waals surface area contributed by atoms with Crippen LogP contribution in [0.15, 0.2) is 84.9 Å². The lowest BCUT2D eigenvalue weighted by atomic mass is 9.86. The number of hydrogen-bond acceptors (Lipinski definition) is 4. The molecular formula is C31H23ClF4N2O4. The van der Waals surface area contributed by atoms with Gasteiger partial charge in [0.25, 0.3) is 17.7 Å². The van der Waals surface area contributed by atoms with E-state index in [9.17, 15) is 33.0 Å². The van der Waals surface area contributed by atoms with Crippen LogP contribution in [0.25, 0.3) is 11.1 Å². The molecule has 0 aromatic heterocycles. The van der Waals surface area contributed by atoms with E-state index in [2.05, 4.69) is 5.32 Å². The van der Waals surface area contributed by atoms with Gasteiger partial charge in [0.15, 0.2) is 5.60 Å². The molecule has 0 saturated carbocycles. The summed E-state index contributed by atoms with van der Waals surface area (Å²) < 4.78 is 59.3. The number of carbonyl (C=O) groups excluding carboxylic acids is 2. The van der Waals surface area contributed by atoms with Crippen molar-refractivity contribution in [1.82, 2.24) is 0 Å². The highest BCUT2D eigenvalue weighted by Crippen LogP contribution is 2.47. The van der Waals surface area contributed by atoms with Crippen molar-refractivity contribution in [3.05, 3.63) is 118 Å². The highest BCUT2D eigenvalue weighted by Gasteiger charge is 2.56. The summed E-state index contributed by atoms with van der Waals surface area (Å²) in [6.07, 6.45) is -1.03. The number of anilines is 2. The van der Waals surface area contributed by atoms with Gasteiger partial charge in [0.1, 0.15) is 11.6 Å². The van der Waals surface area contributed by atoms with Crippen molar-refractivity contribution in [3.8, 4) is 11.1 Å². The summed E-state index contributed by atoms with van der Waals surface area (Å²) in [7, 11) is 0. The lowest BCUT2D eigenvalue weighted by molar-refractivity contribution is -0.205. The van der Waals surface area contributed by atoms with Gasteiger partial charge in [-0.2, -0.15) is 0 Å². The zero-order valence-electron chi connectivity index (χ0n) is 21.8. The summed E-state index contributed by atoms with van der Waals surface area (Å²) in [5.74, 6) is -7.29. The number of hydrogen-bond donors (Lipinski definition) is 3. The molecule has 1 aliphatic rings. The summed E-state index contributed by atoms with van der Waals surface area (Å²) in [5, 5.41) is 23.0. The first kappa shape index (κ1) is 29.2. The number of aliphatic hydroxyl groups is 2. The molecule has 1 atom stereocenters. The largest absolute Gasteiger partial charge is 0.393 e. The third-order valence-electron chi connectivity index (χ3n) is 7.19. The molecule has 5 rings (SSSR count). The Labute approximate surface area is 242 Å². The molecule has 0 spiro atoms. The summed E-state index contributed by atoms with van der Waals surface area (Å²) in [5.41, 5.74) is -3.13. The molecular weight excluding hydrogens is 576 g/mol. The molecule has 2 amide bonds. The van der Waals surface area contributed by atoms with E-state index in [1.54, 1.807) is 30.3 Å². The summed E-state index contributed by atoms with van der Waals surface area (Å²) in [4.78, 5) is 27.4. The average molecular weight is 599 g/mol. The maximum Gasteiger partial charge on any atom is 0.284 e. The molecule has 3 N–H and O–H groups in total. The molecule has 42 heavy (non-hydrogen) atoms. The maximum absolute atomic E-state index is 15.3. The van der Waals surface area contributed by atoms with Gasteiger partial charge in [-0.15, -0.1) is 0 Å². The van der Waals surface area contributed by atoms with Crippen LogP contribution in [0.4, 0.5) is 28.9 Å². The molecule has 0 radical (unpaired) electrons. The molecule has 11 heteroatoms. The van der Waals surface area contributed by atoms with Crippen molar-refractivity contribution in [1.29, 1.82) is 0 Å². The number of benzene rings is 4. The third-order valence-corrected chi connectivity index (χ3v) is 7.43. The first-order chi connectivity index (χ1) is 19.9. The second kappa shape index (κ2) is 11.2. The van der Waals surface area contributed by atoms with Crippen LogP contribution in [-0.4, -0.2) is 41.1 Å². The molecule has 6 nitrogen and oxygen atoms in total. The molecule has 0 saturated heterocycles. The number of rotatable bonds is 5. The fraction of sp³-hybridized carbons (Fsp3) is 0.161. The highest BCUT2D eigenvalue weighted by molar-refractivity contribution is 6.30. The van der Waals surface area contributed by atoms with Crippen LogP contribution in [0.5, 0.6) is 0 Å². The van der Waals surface area contributed by atoms with E-state index in [-0.39, 0.29) is 22.0 Å². The summed E-state index contributed by atoms with van der Waals surface area (Å²) >= 11 is 5.98. The van der Waals surface area contributed by atoms with Crippen LogP contribution in [0, 0.1) is 11.6 Å². The van der Waals surface area contributed by atoms with Crippen LogP contribution in [0.3, 0.4) is 0 Å². The van der Waals surface area contributed by atoms with Crippen LogP contribution < -0.4 is 10.2 Å². The SMILES string of the molecule is O=C(Nc1ccc(C(=O)N2CCC(F)(F)[C@](O)(CO)c3cc(Cl)ccc32)c(F)c1)c1cc(F)ccc1-c1ccccc1. The van der Waals surface area contributed by atoms with Gasteiger partial charge in [0.2, 0.25) is 0 Å². The first-order valence-electron chi connectivity index (χ1n) is 12.7. The predicted octanol–water partition coefficient (Wildman–Crippen LogP) is 6.40. The van der Waals surface area contributed by atoms with Crippen LogP contribution >= 0.6 is 11.6 Å². The average Bonchev–Trinajstić information content (AvgIpc) is 3.05. The lowest BCUT2D eigenvalue weighted by Crippen LogP contribution is -2.48. The van der Waals surface area contributed by atoms with Gasteiger partial charge in [-0.1, -0.05) is 48.0 Å². The van der Waals surface area contributed by atoms with Gasteiger partial charge in [0.05, 0.1) is 23.4 Å². The Morgan fingerprint density at radius 3 is 2.36 bits per heavy atom. The van der Waals surface area contributed by atoms with Crippen molar-refractivity contribution < 1.29 is 37.4 Å². The Morgan fingerprint density at radius 1 is 0.929 bits per heavy atom. The molecule has 216 valence electrons.